The molecule has 1 aromatic rings. The first-order chi connectivity index (χ1) is 11.9. The van der Waals surface area contributed by atoms with Gasteiger partial charge in [0, 0.05) is 18.7 Å². The molecule has 1 fully saturated rings. The largest absolute Gasteiger partial charge is 0.493 e. The Balaban J connectivity index is 2.27. The van der Waals surface area contributed by atoms with E-state index in [1.165, 1.54) is 13.2 Å². The summed E-state index contributed by atoms with van der Waals surface area (Å²) < 4.78 is 44.5. The maximum atomic E-state index is 12.6. The molecule has 138 valence electrons. The Morgan fingerprint density at radius 1 is 1.32 bits per heavy atom. The zero-order chi connectivity index (χ0) is 18.4. The lowest BCUT2D eigenvalue weighted by atomic mass is 10.1. The van der Waals surface area contributed by atoms with Crippen LogP contribution in [0, 0.1) is 0 Å². The van der Waals surface area contributed by atoms with Gasteiger partial charge in [0.25, 0.3) is 0 Å². The molecule has 1 unspecified atom stereocenters. The number of hydrogen-bond donors (Lipinski definition) is 1. The van der Waals surface area contributed by atoms with Gasteiger partial charge in [-0.05, 0) is 12.8 Å². The second-order valence-electron chi connectivity index (χ2n) is 5.31. The van der Waals surface area contributed by atoms with E-state index in [2.05, 4.69) is 14.8 Å². The summed E-state index contributed by atoms with van der Waals surface area (Å²) in [6.07, 6.45) is 1.54. The number of amides is 1. The van der Waals surface area contributed by atoms with E-state index in [0.29, 0.717) is 6.61 Å². The number of hydrogen-bond acceptors (Lipinski definition) is 6. The van der Waals surface area contributed by atoms with Crippen LogP contribution in [0.4, 0.5) is 14.5 Å². The molecule has 25 heavy (non-hydrogen) atoms. The van der Waals surface area contributed by atoms with Gasteiger partial charge in [0.1, 0.15) is 0 Å². The van der Waals surface area contributed by atoms with Crippen LogP contribution in [0.5, 0.6) is 11.5 Å². The van der Waals surface area contributed by atoms with Crippen molar-refractivity contribution in [1.29, 1.82) is 0 Å². The molecule has 7 nitrogen and oxygen atoms in total. The molecule has 1 amide bonds. The highest BCUT2D eigenvalue weighted by molar-refractivity contribution is 6.02. The quantitative estimate of drug-likeness (QED) is 0.754. The molecule has 1 aliphatic rings. The Morgan fingerprint density at radius 2 is 2.08 bits per heavy atom. The highest BCUT2D eigenvalue weighted by Gasteiger charge is 2.23. The summed E-state index contributed by atoms with van der Waals surface area (Å²) in [4.78, 5) is 24.1. The van der Waals surface area contributed by atoms with Gasteiger partial charge in [0.2, 0.25) is 5.91 Å². The van der Waals surface area contributed by atoms with E-state index in [-0.39, 0.29) is 35.3 Å². The van der Waals surface area contributed by atoms with Crippen molar-refractivity contribution in [2.24, 2.45) is 0 Å². The molecule has 1 aromatic carbocycles. The number of carbonyl (C=O) groups is 2. The summed E-state index contributed by atoms with van der Waals surface area (Å²) in [5, 5.41) is 2.52. The molecule has 1 saturated heterocycles. The third-order valence-electron chi connectivity index (χ3n) is 3.64. The van der Waals surface area contributed by atoms with Gasteiger partial charge in [0.05, 0.1) is 38.0 Å². The topological polar surface area (TPSA) is 83.1 Å². The lowest BCUT2D eigenvalue weighted by Crippen LogP contribution is -2.21. The predicted molar refractivity (Wildman–Crippen MR) is 83.2 cm³/mol. The van der Waals surface area contributed by atoms with Crippen LogP contribution in [0.2, 0.25) is 0 Å². The summed E-state index contributed by atoms with van der Waals surface area (Å²) in [6.45, 7) is -2.49. The number of esters is 1. The van der Waals surface area contributed by atoms with Crippen LogP contribution in [0.3, 0.4) is 0 Å². The Labute approximate surface area is 143 Å². The van der Waals surface area contributed by atoms with Gasteiger partial charge in [-0.1, -0.05) is 0 Å². The molecule has 1 atom stereocenters. The average molecular weight is 359 g/mol. The molecule has 1 N–H and O–H groups in total. The van der Waals surface area contributed by atoms with Gasteiger partial charge in [0.15, 0.2) is 11.5 Å². The number of halogens is 2. The number of carbonyl (C=O) groups excluding carboxylic acids is 2. The van der Waals surface area contributed by atoms with Crippen molar-refractivity contribution in [1.82, 2.24) is 0 Å². The maximum absolute atomic E-state index is 12.6. The summed E-state index contributed by atoms with van der Waals surface area (Å²) in [7, 11) is 2.40. The molecule has 1 aliphatic heterocycles. The number of rotatable bonds is 7. The third kappa shape index (κ3) is 5.02. The molecule has 2 rings (SSSR count). The van der Waals surface area contributed by atoms with Gasteiger partial charge in [-0.25, -0.2) is 4.79 Å². The zero-order valence-electron chi connectivity index (χ0n) is 13.8. The number of nitrogens with one attached hydrogen (secondary N) is 1. The van der Waals surface area contributed by atoms with Crippen LogP contribution in [-0.2, 0) is 14.3 Å². The van der Waals surface area contributed by atoms with Gasteiger partial charge < -0.3 is 24.3 Å². The highest BCUT2D eigenvalue weighted by Crippen LogP contribution is 2.35. The van der Waals surface area contributed by atoms with Crippen molar-refractivity contribution >= 4 is 17.6 Å². The fourth-order valence-electron chi connectivity index (χ4n) is 2.50. The van der Waals surface area contributed by atoms with Gasteiger partial charge in [-0.15, -0.1) is 0 Å². The normalized spacial score (nSPS) is 16.6. The van der Waals surface area contributed by atoms with E-state index >= 15 is 0 Å². The van der Waals surface area contributed by atoms with Crippen LogP contribution in [0.25, 0.3) is 0 Å². The van der Waals surface area contributed by atoms with E-state index in [0.717, 1.165) is 26.0 Å². The molecule has 0 aliphatic carbocycles. The van der Waals surface area contributed by atoms with Crippen LogP contribution < -0.4 is 14.8 Å². The third-order valence-corrected chi connectivity index (χ3v) is 3.64. The molecule has 0 bridgehead atoms. The molecule has 0 saturated carbocycles. The SMILES string of the molecule is COC(=O)c1cc(OC)c(OC(F)F)cc1NC(=O)CC1CCCO1. The van der Waals surface area contributed by atoms with E-state index in [1.807, 2.05) is 0 Å². The molecular weight excluding hydrogens is 340 g/mol. The maximum Gasteiger partial charge on any atom is 0.387 e. The number of methoxy groups -OCH3 is 2. The molecule has 0 aromatic heterocycles. The minimum Gasteiger partial charge on any atom is -0.493 e. The smallest absolute Gasteiger partial charge is 0.387 e. The summed E-state index contributed by atoms with van der Waals surface area (Å²) in [5.74, 6) is -1.56. The summed E-state index contributed by atoms with van der Waals surface area (Å²) in [6, 6.07) is 2.27. The van der Waals surface area contributed by atoms with Crippen molar-refractivity contribution in [2.75, 3.05) is 26.1 Å². The van der Waals surface area contributed by atoms with Crippen LogP contribution in [0.15, 0.2) is 12.1 Å². The van der Waals surface area contributed by atoms with Gasteiger partial charge >= 0.3 is 12.6 Å². The number of ether oxygens (including phenoxy) is 4. The van der Waals surface area contributed by atoms with Crippen molar-refractivity contribution in [3.05, 3.63) is 17.7 Å². The average Bonchev–Trinajstić information content (AvgIpc) is 3.06. The monoisotopic (exact) mass is 359 g/mol. The standard InChI is InChI=1S/C16H19F2NO6/c1-22-12-7-10(15(21)23-2)11(8-13(12)25-16(17)18)19-14(20)6-9-4-3-5-24-9/h7-9,16H,3-6H2,1-2H3,(H,19,20). The minimum atomic E-state index is -3.09. The fraction of sp³-hybridized carbons (Fsp3) is 0.500. The summed E-state index contributed by atoms with van der Waals surface area (Å²) in [5.41, 5.74) is -0.0482. The lowest BCUT2D eigenvalue weighted by Gasteiger charge is -2.16. The predicted octanol–water partition coefficient (Wildman–Crippen LogP) is 2.59. The van der Waals surface area contributed by atoms with Crippen molar-refractivity contribution in [3.8, 4) is 11.5 Å². The van der Waals surface area contributed by atoms with E-state index in [1.54, 1.807) is 0 Å². The Morgan fingerprint density at radius 3 is 2.64 bits per heavy atom. The molecule has 0 radical (unpaired) electrons. The first-order valence-corrected chi connectivity index (χ1v) is 7.61. The van der Waals surface area contributed by atoms with Crippen LogP contribution >= 0.6 is 0 Å². The molecule has 9 heteroatoms. The second-order valence-corrected chi connectivity index (χ2v) is 5.31. The minimum absolute atomic E-state index is 0.00806. The van der Waals surface area contributed by atoms with E-state index in [9.17, 15) is 18.4 Å². The van der Waals surface area contributed by atoms with Crippen molar-refractivity contribution in [2.45, 2.75) is 32.0 Å². The Bertz CT molecular complexity index is 631. The Hall–Kier alpha value is -2.42. The number of alkyl halides is 2. The van der Waals surface area contributed by atoms with Gasteiger partial charge in [-0.2, -0.15) is 8.78 Å². The van der Waals surface area contributed by atoms with E-state index in [4.69, 9.17) is 9.47 Å². The molecule has 0 spiro atoms. The summed E-state index contributed by atoms with van der Waals surface area (Å²) >= 11 is 0. The number of benzene rings is 1. The number of anilines is 1. The van der Waals surface area contributed by atoms with Crippen LogP contribution in [0.1, 0.15) is 29.6 Å². The van der Waals surface area contributed by atoms with Crippen molar-refractivity contribution < 1.29 is 37.3 Å². The highest BCUT2D eigenvalue weighted by atomic mass is 19.3. The first-order valence-electron chi connectivity index (χ1n) is 7.61. The first kappa shape index (κ1) is 18.9. The lowest BCUT2D eigenvalue weighted by molar-refractivity contribution is -0.118. The second kappa shape index (κ2) is 8.61. The van der Waals surface area contributed by atoms with E-state index < -0.39 is 18.5 Å². The zero-order valence-corrected chi connectivity index (χ0v) is 13.8. The van der Waals surface area contributed by atoms with Gasteiger partial charge in [-0.3, -0.25) is 4.79 Å². The van der Waals surface area contributed by atoms with Crippen LogP contribution in [-0.4, -0.2) is 45.4 Å². The fourth-order valence-corrected chi connectivity index (χ4v) is 2.50. The molecular formula is C16H19F2NO6. The molecule has 1 heterocycles. The Kier molecular flexibility index (Phi) is 6.51. The van der Waals surface area contributed by atoms with Crippen molar-refractivity contribution in [3.63, 3.8) is 0 Å².